The molecule has 12 aromatic carbocycles. The molecule has 3 aliphatic heterocycles. The summed E-state index contributed by atoms with van der Waals surface area (Å²) in [5, 5.41) is 10.2. The van der Waals surface area contributed by atoms with Gasteiger partial charge in [0.1, 0.15) is 0 Å². The summed E-state index contributed by atoms with van der Waals surface area (Å²) in [7, 11) is 0. The van der Waals surface area contributed by atoms with Crippen LogP contribution < -0.4 is 31.7 Å². The summed E-state index contributed by atoms with van der Waals surface area (Å²) in [5.41, 5.74) is 15.3. The van der Waals surface area contributed by atoms with Gasteiger partial charge in [0.25, 0.3) is 0 Å². The zero-order valence-corrected chi connectivity index (χ0v) is 46.0. The molecular formula is C77H54B2N2S. The Bertz CT molecular complexity index is 4500. The van der Waals surface area contributed by atoms with Crippen molar-refractivity contribution in [2.24, 2.45) is 11.8 Å². The van der Waals surface area contributed by atoms with Gasteiger partial charge in [-0.15, -0.1) is 0 Å². The molecule has 3 heterocycles. The Morgan fingerprint density at radius 2 is 0.695 bits per heavy atom. The summed E-state index contributed by atoms with van der Waals surface area (Å²) in [6, 6.07) is 96.3. The van der Waals surface area contributed by atoms with Gasteiger partial charge in [0.15, 0.2) is 0 Å². The van der Waals surface area contributed by atoms with Gasteiger partial charge in [0.05, 0.1) is 22.7 Å². The standard InChI is InChI=1S/C77H54B2N2S/c1-3-27-51(28-4-1)80(52-29-5-2-6-30-52)75-57-35-11-7-31-53(57)73(54-32-8-12-36-58(54)75)78-65-43-19-15-39-61(65)77(62-40-16-20-44-66(62)78)63-41-17-21-45-67(63)79(68-46-22-18-42-64(68)77)74-55-33-9-13-37-59(55)76(60-38-14-10-34-56(60)74)81-69-47-23-25-49-71(69)82-72-50-26-24-48-70(72)81/h1-50,61,63,65,67H. The van der Waals surface area contributed by atoms with Crippen LogP contribution in [0.3, 0.4) is 0 Å². The lowest BCUT2D eigenvalue weighted by atomic mass is 9.19. The van der Waals surface area contributed by atoms with Crippen molar-refractivity contribution in [2.75, 3.05) is 9.80 Å². The fourth-order valence-electron chi connectivity index (χ4n) is 16.2. The first-order valence-electron chi connectivity index (χ1n) is 29.1. The Morgan fingerprint density at radius 1 is 0.341 bits per heavy atom. The zero-order chi connectivity index (χ0) is 53.9. The van der Waals surface area contributed by atoms with Crippen molar-refractivity contribution >= 4 is 124 Å². The molecule has 2 nitrogen and oxygen atoms in total. The number of nitrogens with zero attached hydrogens (tertiary/aromatic N) is 2. The van der Waals surface area contributed by atoms with Crippen molar-refractivity contribution in [3.05, 3.63) is 315 Å². The minimum absolute atomic E-state index is 0.0501. The number of para-hydroxylation sites is 4. The molecule has 0 fully saturated rings. The first-order chi connectivity index (χ1) is 40.8. The normalized spacial score (nSPS) is 19.9. The fraction of sp³-hybridized carbons (Fsp3) is 0.0649. The highest BCUT2D eigenvalue weighted by Crippen LogP contribution is 2.62. The van der Waals surface area contributed by atoms with E-state index in [4.69, 9.17) is 0 Å². The second-order valence-electron chi connectivity index (χ2n) is 22.8. The number of benzene rings is 12. The number of hydrogen-bond acceptors (Lipinski definition) is 3. The third kappa shape index (κ3) is 6.81. The van der Waals surface area contributed by atoms with Gasteiger partial charge in [-0.25, -0.2) is 0 Å². The molecule has 0 bridgehead atoms. The largest absolute Gasteiger partial charge is 0.309 e. The van der Waals surface area contributed by atoms with Crippen molar-refractivity contribution in [3.63, 3.8) is 0 Å². The summed E-state index contributed by atoms with van der Waals surface area (Å²) < 4.78 is 0. The summed E-state index contributed by atoms with van der Waals surface area (Å²) in [6.45, 7) is 0.103. The molecule has 82 heavy (non-hydrogen) atoms. The van der Waals surface area contributed by atoms with E-state index in [0.29, 0.717) is 0 Å². The molecule has 12 aromatic rings. The Balaban J connectivity index is 0.913. The van der Waals surface area contributed by atoms with Crippen LogP contribution in [0.15, 0.2) is 313 Å². The maximum Gasteiger partial charge on any atom is 0.218 e. The smallest absolute Gasteiger partial charge is 0.218 e. The summed E-state index contributed by atoms with van der Waals surface area (Å²) in [5.74, 6) is 0.520. The van der Waals surface area contributed by atoms with E-state index in [-0.39, 0.29) is 36.9 Å². The van der Waals surface area contributed by atoms with Crippen molar-refractivity contribution < 1.29 is 0 Å². The molecule has 1 spiro atoms. The average molecular weight is 1060 g/mol. The summed E-state index contributed by atoms with van der Waals surface area (Å²) in [4.78, 5) is 7.58. The molecule has 0 aromatic heterocycles. The zero-order valence-electron chi connectivity index (χ0n) is 45.1. The third-order valence-electron chi connectivity index (χ3n) is 19.1. The maximum atomic E-state index is 2.62. The molecule has 0 radical (unpaired) electrons. The minimum atomic E-state index is -0.411. The molecule has 5 atom stereocenters. The third-order valence-corrected chi connectivity index (χ3v) is 20.2. The number of fused-ring (bicyclic) bond motifs is 14. The molecule has 0 N–H and O–H groups in total. The number of rotatable bonds is 6. The molecule has 5 aliphatic rings. The molecular weight excluding hydrogens is 1010 g/mol. The van der Waals surface area contributed by atoms with Crippen LogP contribution in [0, 0.1) is 11.8 Å². The number of hydrogen-bond donors (Lipinski definition) is 0. The predicted molar refractivity (Wildman–Crippen MR) is 351 cm³/mol. The monoisotopic (exact) mass is 1060 g/mol. The minimum Gasteiger partial charge on any atom is -0.309 e. The van der Waals surface area contributed by atoms with Crippen LogP contribution in [0.4, 0.5) is 34.1 Å². The molecule has 0 amide bonds. The fourth-order valence-corrected chi connectivity index (χ4v) is 17.3. The van der Waals surface area contributed by atoms with Crippen LogP contribution in [0.5, 0.6) is 0 Å². The van der Waals surface area contributed by atoms with Crippen LogP contribution >= 0.6 is 11.8 Å². The molecule has 5 heteroatoms. The van der Waals surface area contributed by atoms with Crippen molar-refractivity contribution in [3.8, 4) is 0 Å². The second kappa shape index (κ2) is 18.9. The lowest BCUT2D eigenvalue weighted by Gasteiger charge is -2.60. The van der Waals surface area contributed by atoms with E-state index in [0.717, 1.165) is 11.4 Å². The SMILES string of the molecule is C1=CC2B(c3c4ccccc4c(N(c4ccccc4)c4ccccc4)c4ccccc34)c3ccccc3C3(c4ccccc4B(c4c5ccccc5c(N5c6ccccc6Sc6ccccc65)c5ccccc45)C4C=CC=CC43)C2C=C1. The van der Waals surface area contributed by atoms with Gasteiger partial charge in [-0.2, -0.15) is 0 Å². The van der Waals surface area contributed by atoms with E-state index in [1.165, 1.54) is 109 Å². The highest BCUT2D eigenvalue weighted by atomic mass is 32.2. The topological polar surface area (TPSA) is 6.48 Å². The molecule has 384 valence electrons. The van der Waals surface area contributed by atoms with E-state index < -0.39 is 5.41 Å². The van der Waals surface area contributed by atoms with E-state index in [2.05, 4.69) is 313 Å². The lowest BCUT2D eigenvalue weighted by Crippen LogP contribution is -2.68. The maximum absolute atomic E-state index is 2.62. The van der Waals surface area contributed by atoms with Gasteiger partial charge in [0.2, 0.25) is 13.4 Å². The Kier molecular flexibility index (Phi) is 11.0. The quantitative estimate of drug-likeness (QED) is 0.121. The molecule has 17 rings (SSSR count). The van der Waals surface area contributed by atoms with Crippen LogP contribution in [0.1, 0.15) is 11.1 Å². The van der Waals surface area contributed by atoms with Crippen LogP contribution in [-0.4, -0.2) is 13.4 Å². The van der Waals surface area contributed by atoms with Crippen molar-refractivity contribution in [1.82, 2.24) is 0 Å². The lowest BCUT2D eigenvalue weighted by molar-refractivity contribution is 0.281. The predicted octanol–water partition coefficient (Wildman–Crippen LogP) is 17.5. The van der Waals surface area contributed by atoms with Crippen molar-refractivity contribution in [1.29, 1.82) is 0 Å². The number of allylic oxidation sites excluding steroid dienone is 8. The highest BCUT2D eigenvalue weighted by molar-refractivity contribution is 7.99. The Labute approximate surface area is 484 Å². The molecule has 5 unspecified atom stereocenters. The highest BCUT2D eigenvalue weighted by Gasteiger charge is 2.62. The molecule has 2 aliphatic carbocycles. The van der Waals surface area contributed by atoms with Gasteiger partial charge in [0, 0.05) is 48.1 Å². The van der Waals surface area contributed by atoms with Crippen molar-refractivity contribution in [2.45, 2.75) is 26.8 Å². The van der Waals surface area contributed by atoms with E-state index in [1.807, 2.05) is 11.8 Å². The Morgan fingerprint density at radius 3 is 1.16 bits per heavy atom. The van der Waals surface area contributed by atoms with E-state index >= 15 is 0 Å². The summed E-state index contributed by atoms with van der Waals surface area (Å²) in [6.07, 6.45) is 19.9. The van der Waals surface area contributed by atoms with Gasteiger partial charge >= 0.3 is 0 Å². The first-order valence-corrected chi connectivity index (χ1v) is 29.9. The first kappa shape index (κ1) is 47.5. The Hall–Kier alpha value is -9.28. The molecule has 0 saturated carbocycles. The van der Waals surface area contributed by atoms with Gasteiger partial charge in [-0.1, -0.05) is 288 Å². The van der Waals surface area contributed by atoms with Crippen LogP contribution in [-0.2, 0) is 5.41 Å². The van der Waals surface area contributed by atoms with Crippen LogP contribution in [0.2, 0.25) is 11.6 Å². The average Bonchev–Trinajstić information content (AvgIpc) is 2.48. The van der Waals surface area contributed by atoms with Gasteiger partial charge in [-0.3, -0.25) is 0 Å². The van der Waals surface area contributed by atoms with Crippen LogP contribution in [0.25, 0.3) is 43.1 Å². The van der Waals surface area contributed by atoms with E-state index in [9.17, 15) is 0 Å². The van der Waals surface area contributed by atoms with E-state index in [1.54, 1.807) is 0 Å². The second-order valence-corrected chi connectivity index (χ2v) is 23.9. The summed E-state index contributed by atoms with van der Waals surface area (Å²) >= 11 is 1.87. The number of anilines is 6. The van der Waals surface area contributed by atoms with Gasteiger partial charge < -0.3 is 9.80 Å². The molecule has 0 saturated heterocycles. The van der Waals surface area contributed by atoms with Gasteiger partial charge in [-0.05, 0) is 105 Å².